The highest BCUT2D eigenvalue weighted by Gasteiger charge is 2.39. The molecule has 0 radical (unpaired) electrons. The maximum absolute atomic E-state index is 12.7. The number of nitrogens with zero attached hydrogens (tertiary/aromatic N) is 1. The molecule has 2 aliphatic rings. The zero-order chi connectivity index (χ0) is 13.2. The Bertz CT molecular complexity index is 291. The Labute approximate surface area is 111 Å². The van der Waals surface area contributed by atoms with Crippen LogP contribution in [-0.4, -0.2) is 36.5 Å². The predicted molar refractivity (Wildman–Crippen MR) is 74.4 cm³/mol. The summed E-state index contributed by atoms with van der Waals surface area (Å²) in [6, 6.07) is 0.547. The SMILES string of the molecule is CCC(C)(C)C(=O)N(CC1CCCNC1)C1CC1. The molecule has 1 heterocycles. The largest absolute Gasteiger partial charge is 0.339 e. The molecule has 0 aromatic heterocycles. The molecular weight excluding hydrogens is 224 g/mol. The van der Waals surface area contributed by atoms with Crippen LogP contribution >= 0.6 is 0 Å². The van der Waals surface area contributed by atoms with Crippen molar-refractivity contribution >= 4 is 5.91 Å². The van der Waals surface area contributed by atoms with Crippen molar-refractivity contribution in [2.75, 3.05) is 19.6 Å². The lowest BCUT2D eigenvalue weighted by molar-refractivity contribution is -0.142. The fourth-order valence-corrected chi connectivity index (χ4v) is 2.68. The van der Waals surface area contributed by atoms with Crippen LogP contribution in [0.1, 0.15) is 52.9 Å². The van der Waals surface area contributed by atoms with Gasteiger partial charge in [0.05, 0.1) is 0 Å². The first-order valence-electron chi connectivity index (χ1n) is 7.56. The molecule has 1 unspecified atom stereocenters. The Balaban J connectivity index is 1.97. The normalized spacial score (nSPS) is 24.9. The van der Waals surface area contributed by atoms with E-state index in [1.54, 1.807) is 0 Å². The third kappa shape index (κ3) is 3.25. The standard InChI is InChI=1S/C15H28N2O/c1-4-15(2,3)14(18)17(13-7-8-13)11-12-6-5-9-16-10-12/h12-13,16H,4-11H2,1-3H3. The number of rotatable bonds is 5. The van der Waals surface area contributed by atoms with Gasteiger partial charge in [-0.15, -0.1) is 0 Å². The van der Waals surface area contributed by atoms with Gasteiger partial charge in [0, 0.05) is 18.0 Å². The molecule has 3 heteroatoms. The fraction of sp³-hybridized carbons (Fsp3) is 0.933. The van der Waals surface area contributed by atoms with Crippen LogP contribution in [0.5, 0.6) is 0 Å². The number of carbonyl (C=O) groups is 1. The highest BCUT2D eigenvalue weighted by molar-refractivity contribution is 5.82. The molecule has 1 N–H and O–H groups in total. The van der Waals surface area contributed by atoms with Gasteiger partial charge in [0.1, 0.15) is 0 Å². The van der Waals surface area contributed by atoms with Crippen molar-refractivity contribution in [2.45, 2.75) is 58.9 Å². The van der Waals surface area contributed by atoms with E-state index in [1.165, 1.54) is 25.7 Å². The number of hydrogen-bond acceptors (Lipinski definition) is 2. The second-order valence-corrected chi connectivity index (χ2v) is 6.64. The lowest BCUT2D eigenvalue weighted by atomic mass is 9.87. The van der Waals surface area contributed by atoms with Crippen LogP contribution in [0.2, 0.25) is 0 Å². The van der Waals surface area contributed by atoms with Crippen molar-refractivity contribution in [1.29, 1.82) is 0 Å². The molecule has 2 fully saturated rings. The Hall–Kier alpha value is -0.570. The van der Waals surface area contributed by atoms with Crippen LogP contribution in [-0.2, 0) is 4.79 Å². The second-order valence-electron chi connectivity index (χ2n) is 6.64. The minimum Gasteiger partial charge on any atom is -0.339 e. The van der Waals surface area contributed by atoms with Crippen molar-refractivity contribution in [1.82, 2.24) is 10.2 Å². The third-order valence-electron chi connectivity index (χ3n) is 4.57. The number of nitrogens with one attached hydrogen (secondary N) is 1. The molecule has 0 spiro atoms. The zero-order valence-corrected chi connectivity index (χ0v) is 12.2. The summed E-state index contributed by atoms with van der Waals surface area (Å²) in [6.07, 6.45) is 5.89. The van der Waals surface area contributed by atoms with Gasteiger partial charge in [-0.1, -0.05) is 20.8 Å². The van der Waals surface area contributed by atoms with Gasteiger partial charge < -0.3 is 10.2 Å². The molecule has 0 aromatic rings. The fourth-order valence-electron chi connectivity index (χ4n) is 2.68. The van der Waals surface area contributed by atoms with E-state index in [0.717, 1.165) is 26.1 Å². The third-order valence-corrected chi connectivity index (χ3v) is 4.57. The van der Waals surface area contributed by atoms with Crippen LogP contribution < -0.4 is 5.32 Å². The summed E-state index contributed by atoms with van der Waals surface area (Å²) in [5.74, 6) is 1.04. The van der Waals surface area contributed by atoms with Crippen LogP contribution in [0, 0.1) is 11.3 Å². The quantitative estimate of drug-likeness (QED) is 0.815. The molecule has 1 aliphatic carbocycles. The number of carbonyl (C=O) groups excluding carboxylic acids is 1. The average Bonchev–Trinajstić information content (AvgIpc) is 3.20. The van der Waals surface area contributed by atoms with Crippen molar-refractivity contribution in [3.05, 3.63) is 0 Å². The lowest BCUT2D eigenvalue weighted by Crippen LogP contribution is -2.46. The molecule has 3 nitrogen and oxygen atoms in total. The molecular formula is C15H28N2O. The van der Waals surface area contributed by atoms with E-state index in [1.807, 2.05) is 0 Å². The van der Waals surface area contributed by atoms with E-state index in [-0.39, 0.29) is 5.41 Å². The first-order valence-corrected chi connectivity index (χ1v) is 7.56. The Kier molecular flexibility index (Phi) is 4.31. The van der Waals surface area contributed by atoms with E-state index in [2.05, 4.69) is 31.0 Å². The Morgan fingerprint density at radius 1 is 1.33 bits per heavy atom. The molecule has 1 saturated carbocycles. The van der Waals surface area contributed by atoms with E-state index < -0.39 is 0 Å². The summed E-state index contributed by atoms with van der Waals surface area (Å²) in [7, 11) is 0. The molecule has 1 aliphatic heterocycles. The average molecular weight is 252 g/mol. The van der Waals surface area contributed by atoms with Gasteiger partial charge in [0.25, 0.3) is 0 Å². The summed E-state index contributed by atoms with van der Waals surface area (Å²) in [6.45, 7) is 9.50. The molecule has 1 atom stereocenters. The van der Waals surface area contributed by atoms with Gasteiger partial charge >= 0.3 is 0 Å². The molecule has 1 amide bonds. The van der Waals surface area contributed by atoms with Crippen LogP contribution in [0.3, 0.4) is 0 Å². The maximum Gasteiger partial charge on any atom is 0.228 e. The van der Waals surface area contributed by atoms with Gasteiger partial charge in [0.2, 0.25) is 5.91 Å². The van der Waals surface area contributed by atoms with Crippen molar-refractivity contribution < 1.29 is 4.79 Å². The molecule has 0 aromatic carbocycles. The first kappa shape index (κ1) is 13.9. The molecule has 0 bridgehead atoms. The highest BCUT2D eigenvalue weighted by Crippen LogP contribution is 2.33. The summed E-state index contributed by atoms with van der Waals surface area (Å²) >= 11 is 0. The smallest absolute Gasteiger partial charge is 0.228 e. The summed E-state index contributed by atoms with van der Waals surface area (Å²) in [5.41, 5.74) is -0.190. The predicted octanol–water partition coefficient (Wildman–Crippen LogP) is 2.41. The lowest BCUT2D eigenvalue weighted by Gasteiger charge is -2.35. The summed E-state index contributed by atoms with van der Waals surface area (Å²) in [4.78, 5) is 14.9. The van der Waals surface area contributed by atoms with E-state index in [4.69, 9.17) is 0 Å². The van der Waals surface area contributed by atoms with Crippen LogP contribution in [0.4, 0.5) is 0 Å². The number of piperidine rings is 1. The molecule has 104 valence electrons. The van der Waals surface area contributed by atoms with Crippen molar-refractivity contribution in [3.63, 3.8) is 0 Å². The van der Waals surface area contributed by atoms with Gasteiger partial charge in [-0.05, 0) is 51.1 Å². The van der Waals surface area contributed by atoms with Gasteiger partial charge in [-0.2, -0.15) is 0 Å². The first-order chi connectivity index (χ1) is 8.54. The molecule has 2 rings (SSSR count). The van der Waals surface area contributed by atoms with Crippen LogP contribution in [0.25, 0.3) is 0 Å². The van der Waals surface area contributed by atoms with E-state index in [0.29, 0.717) is 17.9 Å². The monoisotopic (exact) mass is 252 g/mol. The minimum atomic E-state index is -0.190. The highest BCUT2D eigenvalue weighted by atomic mass is 16.2. The minimum absolute atomic E-state index is 0.190. The van der Waals surface area contributed by atoms with Crippen molar-refractivity contribution in [3.8, 4) is 0 Å². The molecule has 18 heavy (non-hydrogen) atoms. The Morgan fingerprint density at radius 3 is 2.56 bits per heavy atom. The van der Waals surface area contributed by atoms with Gasteiger partial charge in [0.15, 0.2) is 0 Å². The molecule has 1 saturated heterocycles. The van der Waals surface area contributed by atoms with Gasteiger partial charge in [-0.3, -0.25) is 4.79 Å². The number of hydrogen-bond donors (Lipinski definition) is 1. The van der Waals surface area contributed by atoms with Gasteiger partial charge in [-0.25, -0.2) is 0 Å². The summed E-state index contributed by atoms with van der Waals surface area (Å²) < 4.78 is 0. The topological polar surface area (TPSA) is 32.3 Å². The van der Waals surface area contributed by atoms with Crippen molar-refractivity contribution in [2.24, 2.45) is 11.3 Å². The second kappa shape index (κ2) is 5.60. The number of amides is 1. The van der Waals surface area contributed by atoms with Crippen LogP contribution in [0.15, 0.2) is 0 Å². The zero-order valence-electron chi connectivity index (χ0n) is 12.2. The maximum atomic E-state index is 12.7. The Morgan fingerprint density at radius 2 is 2.06 bits per heavy atom. The van der Waals surface area contributed by atoms with E-state index in [9.17, 15) is 4.79 Å². The summed E-state index contributed by atoms with van der Waals surface area (Å²) in [5, 5.41) is 3.45. The van der Waals surface area contributed by atoms with E-state index >= 15 is 0 Å².